The number of carbonyl (C=O) groups excluding carboxylic acids is 1. The van der Waals surface area contributed by atoms with Gasteiger partial charge in [-0.3, -0.25) is 4.79 Å². The van der Waals surface area contributed by atoms with E-state index in [1.165, 1.54) is 22.7 Å². The van der Waals surface area contributed by atoms with Gasteiger partial charge in [-0.2, -0.15) is 0 Å². The van der Waals surface area contributed by atoms with Crippen LogP contribution in [0.5, 0.6) is 0 Å². The number of hydrogen-bond donors (Lipinski definition) is 1. The van der Waals surface area contributed by atoms with Crippen LogP contribution in [-0.2, 0) is 11.2 Å². The van der Waals surface area contributed by atoms with Gasteiger partial charge in [0.2, 0.25) is 5.91 Å². The SMILES string of the molecule is O=C(Cc1ccc(Cl)s1)Nc1nccs1. The monoisotopic (exact) mass is 258 g/mol. The summed E-state index contributed by atoms with van der Waals surface area (Å²) < 4.78 is 0.701. The normalized spacial score (nSPS) is 10.2. The molecule has 0 aliphatic heterocycles. The molecule has 0 saturated heterocycles. The van der Waals surface area contributed by atoms with E-state index in [-0.39, 0.29) is 5.91 Å². The number of nitrogens with one attached hydrogen (secondary N) is 1. The van der Waals surface area contributed by atoms with Gasteiger partial charge in [0.25, 0.3) is 0 Å². The molecule has 0 radical (unpaired) electrons. The van der Waals surface area contributed by atoms with Crippen molar-refractivity contribution in [1.29, 1.82) is 0 Å². The molecule has 0 aliphatic rings. The Labute approximate surface area is 99.7 Å². The van der Waals surface area contributed by atoms with E-state index in [1.54, 1.807) is 12.3 Å². The lowest BCUT2D eigenvalue weighted by molar-refractivity contribution is -0.115. The summed E-state index contributed by atoms with van der Waals surface area (Å²) in [4.78, 5) is 16.4. The van der Waals surface area contributed by atoms with Crippen LogP contribution in [0.15, 0.2) is 23.7 Å². The lowest BCUT2D eigenvalue weighted by atomic mass is 10.3. The topological polar surface area (TPSA) is 42.0 Å². The van der Waals surface area contributed by atoms with Gasteiger partial charge in [0, 0.05) is 16.5 Å². The number of carbonyl (C=O) groups is 1. The van der Waals surface area contributed by atoms with Crippen LogP contribution in [0.1, 0.15) is 4.88 Å². The summed E-state index contributed by atoms with van der Waals surface area (Å²) in [6.45, 7) is 0. The third kappa shape index (κ3) is 3.02. The van der Waals surface area contributed by atoms with Gasteiger partial charge >= 0.3 is 0 Å². The number of anilines is 1. The van der Waals surface area contributed by atoms with E-state index in [0.29, 0.717) is 15.9 Å². The molecule has 0 unspecified atom stereocenters. The van der Waals surface area contributed by atoms with Crippen molar-refractivity contribution in [3.05, 3.63) is 32.9 Å². The maximum atomic E-state index is 11.5. The van der Waals surface area contributed by atoms with Gasteiger partial charge in [0.05, 0.1) is 10.8 Å². The van der Waals surface area contributed by atoms with Crippen molar-refractivity contribution in [2.24, 2.45) is 0 Å². The molecule has 0 saturated carbocycles. The van der Waals surface area contributed by atoms with Crippen molar-refractivity contribution in [2.45, 2.75) is 6.42 Å². The first kappa shape index (κ1) is 10.6. The second-order valence-corrected chi connectivity index (χ2v) is 5.46. The van der Waals surface area contributed by atoms with Crippen LogP contribution in [0.2, 0.25) is 4.34 Å². The number of rotatable bonds is 3. The molecule has 3 nitrogen and oxygen atoms in total. The average Bonchev–Trinajstić information content (AvgIpc) is 2.77. The summed E-state index contributed by atoms with van der Waals surface area (Å²) in [5.41, 5.74) is 0. The molecule has 0 aromatic carbocycles. The molecule has 78 valence electrons. The van der Waals surface area contributed by atoms with Crippen molar-refractivity contribution in [1.82, 2.24) is 4.98 Å². The highest BCUT2D eigenvalue weighted by atomic mass is 35.5. The molecule has 0 aliphatic carbocycles. The van der Waals surface area contributed by atoms with Gasteiger partial charge in [-0.25, -0.2) is 4.98 Å². The molecule has 2 aromatic rings. The Morgan fingerprint density at radius 1 is 1.53 bits per heavy atom. The molecule has 0 fully saturated rings. The third-order valence-electron chi connectivity index (χ3n) is 1.64. The van der Waals surface area contributed by atoms with Crippen molar-refractivity contribution in [3.8, 4) is 0 Å². The number of nitrogens with zero attached hydrogens (tertiary/aromatic N) is 1. The van der Waals surface area contributed by atoms with E-state index in [0.717, 1.165) is 4.88 Å². The van der Waals surface area contributed by atoms with Crippen LogP contribution < -0.4 is 5.32 Å². The minimum Gasteiger partial charge on any atom is -0.302 e. The summed E-state index contributed by atoms with van der Waals surface area (Å²) in [6.07, 6.45) is 2.00. The molecule has 1 N–H and O–H groups in total. The molecule has 0 atom stereocenters. The van der Waals surface area contributed by atoms with Gasteiger partial charge < -0.3 is 5.32 Å². The zero-order valence-corrected chi connectivity index (χ0v) is 9.96. The van der Waals surface area contributed by atoms with Crippen LogP contribution in [0.4, 0.5) is 5.13 Å². The Morgan fingerprint density at radius 3 is 3.00 bits per heavy atom. The fourth-order valence-corrected chi connectivity index (χ4v) is 2.68. The van der Waals surface area contributed by atoms with E-state index >= 15 is 0 Å². The van der Waals surface area contributed by atoms with Gasteiger partial charge in [-0.15, -0.1) is 22.7 Å². The molecule has 0 spiro atoms. The van der Waals surface area contributed by atoms with Crippen molar-refractivity contribution < 1.29 is 4.79 Å². The molecule has 0 bridgehead atoms. The fourth-order valence-electron chi connectivity index (χ4n) is 1.05. The zero-order chi connectivity index (χ0) is 10.7. The standard InChI is InChI=1S/C9H7ClN2OS2/c10-7-2-1-6(15-7)5-8(13)12-9-11-3-4-14-9/h1-4H,5H2,(H,11,12,13). The summed E-state index contributed by atoms with van der Waals surface area (Å²) >= 11 is 8.58. The quantitative estimate of drug-likeness (QED) is 0.920. The van der Waals surface area contributed by atoms with Gasteiger partial charge in [-0.05, 0) is 12.1 Å². The molecule has 6 heteroatoms. The molecule has 15 heavy (non-hydrogen) atoms. The number of aromatic nitrogens is 1. The summed E-state index contributed by atoms with van der Waals surface area (Å²) in [7, 11) is 0. The molecule has 1 amide bonds. The number of thiazole rings is 1. The van der Waals surface area contributed by atoms with Crippen LogP contribution in [0.25, 0.3) is 0 Å². The third-order valence-corrected chi connectivity index (χ3v) is 3.56. The van der Waals surface area contributed by atoms with E-state index in [1.807, 2.05) is 11.4 Å². The number of hydrogen-bond acceptors (Lipinski definition) is 4. The second-order valence-electron chi connectivity index (χ2n) is 2.77. The van der Waals surface area contributed by atoms with Crippen LogP contribution in [0, 0.1) is 0 Å². The molecular formula is C9H7ClN2OS2. The highest BCUT2D eigenvalue weighted by Gasteiger charge is 2.07. The highest BCUT2D eigenvalue weighted by Crippen LogP contribution is 2.22. The Bertz CT molecular complexity index is 452. The molecule has 2 heterocycles. The maximum Gasteiger partial charge on any atom is 0.231 e. The first-order valence-corrected chi connectivity index (χ1v) is 6.25. The summed E-state index contributed by atoms with van der Waals surface area (Å²) in [5.74, 6) is -0.0662. The smallest absolute Gasteiger partial charge is 0.231 e. The Balaban J connectivity index is 1.93. The predicted molar refractivity (Wildman–Crippen MR) is 63.8 cm³/mol. The minimum atomic E-state index is -0.0662. The van der Waals surface area contributed by atoms with Crippen molar-refractivity contribution in [2.75, 3.05) is 5.32 Å². The molecule has 2 rings (SSSR count). The Hall–Kier alpha value is -0.910. The fraction of sp³-hybridized carbons (Fsp3) is 0.111. The first-order chi connectivity index (χ1) is 7.24. The second kappa shape index (κ2) is 4.74. The summed E-state index contributed by atoms with van der Waals surface area (Å²) in [5, 5.41) is 5.16. The molecular weight excluding hydrogens is 252 g/mol. The average molecular weight is 259 g/mol. The lowest BCUT2D eigenvalue weighted by Crippen LogP contribution is -2.13. The van der Waals surface area contributed by atoms with E-state index in [9.17, 15) is 4.79 Å². The van der Waals surface area contributed by atoms with Gasteiger partial charge in [-0.1, -0.05) is 11.6 Å². The van der Waals surface area contributed by atoms with Crippen LogP contribution in [-0.4, -0.2) is 10.9 Å². The molecule has 2 aromatic heterocycles. The van der Waals surface area contributed by atoms with E-state index in [4.69, 9.17) is 11.6 Å². The minimum absolute atomic E-state index is 0.0662. The Morgan fingerprint density at radius 2 is 2.40 bits per heavy atom. The highest BCUT2D eigenvalue weighted by molar-refractivity contribution is 7.16. The van der Waals surface area contributed by atoms with Crippen molar-refractivity contribution in [3.63, 3.8) is 0 Å². The largest absolute Gasteiger partial charge is 0.302 e. The van der Waals surface area contributed by atoms with Crippen LogP contribution >= 0.6 is 34.3 Å². The van der Waals surface area contributed by atoms with Crippen molar-refractivity contribution >= 4 is 45.3 Å². The zero-order valence-electron chi connectivity index (χ0n) is 7.57. The lowest BCUT2D eigenvalue weighted by Gasteiger charge is -1.98. The number of halogens is 1. The van der Waals surface area contributed by atoms with E-state index < -0.39 is 0 Å². The van der Waals surface area contributed by atoms with Crippen LogP contribution in [0.3, 0.4) is 0 Å². The van der Waals surface area contributed by atoms with Gasteiger partial charge in [0.1, 0.15) is 0 Å². The summed E-state index contributed by atoms with van der Waals surface area (Å²) in [6, 6.07) is 3.65. The number of thiophene rings is 1. The van der Waals surface area contributed by atoms with E-state index in [2.05, 4.69) is 10.3 Å². The Kier molecular flexibility index (Phi) is 3.35. The van der Waals surface area contributed by atoms with Gasteiger partial charge in [0.15, 0.2) is 5.13 Å². The maximum absolute atomic E-state index is 11.5. The number of amides is 1. The predicted octanol–water partition coefficient (Wildman–Crippen LogP) is 3.04. The first-order valence-electron chi connectivity index (χ1n) is 4.17.